The van der Waals surface area contributed by atoms with Crippen molar-refractivity contribution in [1.82, 2.24) is 29.8 Å². The first-order valence-electron chi connectivity index (χ1n) is 11.0. The predicted molar refractivity (Wildman–Crippen MR) is 126 cm³/mol. The molecule has 2 aromatic heterocycles. The molecule has 0 unspecified atom stereocenters. The smallest absolute Gasteiger partial charge is 0.253 e. The van der Waals surface area contributed by atoms with Crippen molar-refractivity contribution in [2.24, 2.45) is 0 Å². The van der Waals surface area contributed by atoms with E-state index in [0.717, 1.165) is 52.4 Å². The highest BCUT2D eigenvalue weighted by Gasteiger charge is 2.22. The van der Waals surface area contributed by atoms with Crippen LogP contribution in [0.25, 0.3) is 16.6 Å². The monoisotopic (exact) mass is 442 g/mol. The minimum absolute atomic E-state index is 0.0940. The van der Waals surface area contributed by atoms with Crippen LogP contribution in [0.3, 0.4) is 0 Å². The third-order valence-electron chi connectivity index (χ3n) is 5.98. The minimum atomic E-state index is 0.0940. The molecule has 2 aromatic carbocycles. The molecule has 0 atom stereocenters. The van der Waals surface area contributed by atoms with Crippen LogP contribution in [0.1, 0.15) is 21.7 Å². The Labute approximate surface area is 192 Å². The Hall–Kier alpha value is -3.78. The Morgan fingerprint density at radius 3 is 2.58 bits per heavy atom. The lowest BCUT2D eigenvalue weighted by Gasteiger charge is -2.34. The zero-order chi connectivity index (χ0) is 22.8. The summed E-state index contributed by atoms with van der Waals surface area (Å²) in [6.45, 7) is 5.69. The number of hydrogen-bond acceptors (Lipinski definition) is 6. The third-order valence-corrected chi connectivity index (χ3v) is 5.98. The molecule has 1 amide bonds. The van der Waals surface area contributed by atoms with Crippen LogP contribution in [0.4, 0.5) is 0 Å². The van der Waals surface area contributed by atoms with Crippen molar-refractivity contribution in [1.29, 1.82) is 0 Å². The zero-order valence-electron chi connectivity index (χ0n) is 18.8. The molecule has 1 saturated heterocycles. The van der Waals surface area contributed by atoms with Gasteiger partial charge in [-0.05, 0) is 43.3 Å². The Morgan fingerprint density at radius 2 is 1.82 bits per heavy atom. The first-order chi connectivity index (χ1) is 16.1. The van der Waals surface area contributed by atoms with Gasteiger partial charge in [0.25, 0.3) is 5.91 Å². The molecule has 0 N–H and O–H groups in total. The van der Waals surface area contributed by atoms with Gasteiger partial charge in [-0.25, -0.2) is 4.68 Å². The molecule has 5 rings (SSSR count). The fraction of sp³-hybridized carbons (Fsp3) is 0.280. The van der Waals surface area contributed by atoms with Crippen LogP contribution in [0.2, 0.25) is 0 Å². The molecule has 0 bridgehead atoms. The molecule has 3 heterocycles. The van der Waals surface area contributed by atoms with Gasteiger partial charge in [0.05, 0.1) is 30.2 Å². The lowest BCUT2D eigenvalue weighted by molar-refractivity contribution is 0.0627. The van der Waals surface area contributed by atoms with Crippen molar-refractivity contribution in [3.63, 3.8) is 0 Å². The van der Waals surface area contributed by atoms with Crippen molar-refractivity contribution in [3.05, 3.63) is 77.7 Å². The number of piperazine rings is 1. The Balaban J connectivity index is 1.28. The molecule has 1 fully saturated rings. The molecule has 33 heavy (non-hydrogen) atoms. The maximum atomic E-state index is 12.7. The van der Waals surface area contributed by atoms with E-state index < -0.39 is 0 Å². The summed E-state index contributed by atoms with van der Waals surface area (Å²) in [6, 6.07) is 17.3. The molecule has 0 spiro atoms. The Kier molecular flexibility index (Phi) is 5.75. The number of aromatic nitrogens is 4. The predicted octanol–water partition coefficient (Wildman–Crippen LogP) is 3.09. The van der Waals surface area contributed by atoms with E-state index in [9.17, 15) is 4.79 Å². The topological polar surface area (TPSA) is 76.4 Å². The second kappa shape index (κ2) is 8.99. The van der Waals surface area contributed by atoms with E-state index in [-0.39, 0.29) is 5.91 Å². The number of benzene rings is 2. The number of carbonyl (C=O) groups excluding carboxylic acids is 1. The van der Waals surface area contributed by atoms with E-state index in [1.54, 1.807) is 11.8 Å². The van der Waals surface area contributed by atoms with Crippen LogP contribution in [0, 0.1) is 6.92 Å². The van der Waals surface area contributed by atoms with Gasteiger partial charge in [0.1, 0.15) is 5.75 Å². The summed E-state index contributed by atoms with van der Waals surface area (Å²) in [7, 11) is 1.66. The summed E-state index contributed by atoms with van der Waals surface area (Å²) in [4.78, 5) is 21.5. The molecule has 0 saturated carbocycles. The highest BCUT2D eigenvalue weighted by atomic mass is 16.5. The second-order valence-electron chi connectivity index (χ2n) is 8.25. The summed E-state index contributed by atoms with van der Waals surface area (Å²) in [5, 5.41) is 9.76. The molecule has 0 aliphatic carbocycles. The van der Waals surface area contributed by atoms with E-state index in [2.05, 4.69) is 20.2 Å². The maximum absolute atomic E-state index is 12.7. The maximum Gasteiger partial charge on any atom is 0.253 e. The van der Waals surface area contributed by atoms with Crippen LogP contribution in [-0.2, 0) is 6.54 Å². The Morgan fingerprint density at radius 1 is 1.03 bits per heavy atom. The lowest BCUT2D eigenvalue weighted by atomic mass is 10.1. The van der Waals surface area contributed by atoms with Crippen LogP contribution >= 0.6 is 0 Å². The SMILES string of the molecule is COc1ccc2nc(C)cc(-n3cc(CN4CCN(C(=O)c5ccccc5)CC4)nn3)c2c1. The number of hydrogen-bond donors (Lipinski definition) is 0. The second-order valence-corrected chi connectivity index (χ2v) is 8.25. The number of pyridine rings is 1. The average Bonchev–Trinajstić information content (AvgIpc) is 3.32. The molecule has 168 valence electrons. The molecule has 1 aliphatic rings. The number of amides is 1. The van der Waals surface area contributed by atoms with E-state index in [1.165, 1.54) is 0 Å². The van der Waals surface area contributed by atoms with Crippen molar-refractivity contribution < 1.29 is 9.53 Å². The van der Waals surface area contributed by atoms with Gasteiger partial charge in [0, 0.05) is 49.4 Å². The number of aryl methyl sites for hydroxylation is 1. The quantitative estimate of drug-likeness (QED) is 0.473. The highest BCUT2D eigenvalue weighted by molar-refractivity contribution is 5.94. The van der Waals surface area contributed by atoms with Gasteiger partial charge in [0.2, 0.25) is 0 Å². The van der Waals surface area contributed by atoms with Crippen molar-refractivity contribution in [3.8, 4) is 11.4 Å². The minimum Gasteiger partial charge on any atom is -0.497 e. The number of carbonyl (C=O) groups is 1. The first kappa shape index (κ1) is 21.1. The summed E-state index contributed by atoms with van der Waals surface area (Å²) in [5.74, 6) is 0.870. The molecule has 0 radical (unpaired) electrons. The number of nitrogens with zero attached hydrogens (tertiary/aromatic N) is 6. The largest absolute Gasteiger partial charge is 0.497 e. The zero-order valence-corrected chi connectivity index (χ0v) is 18.8. The van der Waals surface area contributed by atoms with Gasteiger partial charge in [-0.2, -0.15) is 0 Å². The van der Waals surface area contributed by atoms with Crippen LogP contribution in [0.5, 0.6) is 5.75 Å². The molecular formula is C25H26N6O2. The normalized spacial score (nSPS) is 14.5. The number of ether oxygens (including phenoxy) is 1. The lowest BCUT2D eigenvalue weighted by Crippen LogP contribution is -2.48. The number of rotatable bonds is 5. The van der Waals surface area contributed by atoms with Gasteiger partial charge in [-0.3, -0.25) is 14.7 Å². The molecule has 8 heteroatoms. The van der Waals surface area contributed by atoms with Gasteiger partial charge >= 0.3 is 0 Å². The fourth-order valence-electron chi connectivity index (χ4n) is 4.22. The van der Waals surface area contributed by atoms with Gasteiger partial charge < -0.3 is 9.64 Å². The fourth-order valence-corrected chi connectivity index (χ4v) is 4.22. The van der Waals surface area contributed by atoms with Gasteiger partial charge in [-0.15, -0.1) is 5.10 Å². The van der Waals surface area contributed by atoms with Gasteiger partial charge in [0.15, 0.2) is 0 Å². The van der Waals surface area contributed by atoms with E-state index in [0.29, 0.717) is 19.6 Å². The van der Waals surface area contributed by atoms with Crippen LogP contribution in [-0.4, -0.2) is 69.0 Å². The average molecular weight is 443 g/mol. The number of methoxy groups -OCH3 is 1. The Bertz CT molecular complexity index is 1280. The summed E-state index contributed by atoms with van der Waals surface area (Å²) in [5.41, 5.74) is 4.36. The molecular weight excluding hydrogens is 416 g/mol. The van der Waals surface area contributed by atoms with E-state index in [4.69, 9.17) is 4.74 Å². The van der Waals surface area contributed by atoms with Crippen LogP contribution in [0.15, 0.2) is 60.8 Å². The molecule has 1 aliphatic heterocycles. The van der Waals surface area contributed by atoms with Crippen LogP contribution < -0.4 is 4.74 Å². The summed E-state index contributed by atoms with van der Waals surface area (Å²) in [6.07, 6.45) is 1.97. The first-order valence-corrected chi connectivity index (χ1v) is 11.0. The number of fused-ring (bicyclic) bond motifs is 1. The van der Waals surface area contributed by atoms with Crippen molar-refractivity contribution in [2.75, 3.05) is 33.3 Å². The summed E-state index contributed by atoms with van der Waals surface area (Å²) >= 11 is 0. The van der Waals surface area contributed by atoms with Crippen molar-refractivity contribution in [2.45, 2.75) is 13.5 Å². The summed E-state index contributed by atoms with van der Waals surface area (Å²) < 4.78 is 7.20. The van der Waals surface area contributed by atoms with E-state index >= 15 is 0 Å². The highest BCUT2D eigenvalue weighted by Crippen LogP contribution is 2.26. The molecule has 8 nitrogen and oxygen atoms in total. The molecule has 4 aromatic rings. The van der Waals surface area contributed by atoms with E-state index in [1.807, 2.05) is 72.6 Å². The van der Waals surface area contributed by atoms with Gasteiger partial charge in [-0.1, -0.05) is 23.4 Å². The van der Waals surface area contributed by atoms with Crippen molar-refractivity contribution >= 4 is 16.8 Å². The standard InChI is InChI=1S/C25H26N6O2/c1-18-14-24(22-15-21(33-2)8-9-23(22)26-18)31-17-20(27-28-31)16-29-10-12-30(13-11-29)25(32)19-6-4-3-5-7-19/h3-9,14-15,17H,10-13,16H2,1-2H3. The third kappa shape index (κ3) is 4.42.